The summed E-state index contributed by atoms with van der Waals surface area (Å²) in [5.74, 6) is -2.07. The molecule has 0 heterocycles. The minimum absolute atomic E-state index is 0.243. The molecule has 2 aromatic carbocycles. The van der Waals surface area contributed by atoms with Gasteiger partial charge < -0.3 is 21.7 Å². The van der Waals surface area contributed by atoms with E-state index in [1.165, 1.54) is 0 Å². The predicted molar refractivity (Wildman–Crippen MR) is 90.5 cm³/mol. The Labute approximate surface area is 139 Å². The van der Waals surface area contributed by atoms with Gasteiger partial charge in [0, 0.05) is 0 Å². The number of nitrogens with two attached hydrogens (primary N) is 2. The van der Waals surface area contributed by atoms with Crippen molar-refractivity contribution in [3.63, 3.8) is 0 Å². The number of aliphatic carboxylic acids is 2. The molecule has 0 spiro atoms. The lowest BCUT2D eigenvalue weighted by atomic mass is 9.97. The molecule has 0 unspecified atom stereocenters. The molecule has 0 fully saturated rings. The van der Waals surface area contributed by atoms with Crippen LogP contribution in [0, 0.1) is 0 Å². The smallest absolute Gasteiger partial charge is 0.320 e. The molecule has 6 N–H and O–H groups in total. The fourth-order valence-corrected chi connectivity index (χ4v) is 2.44. The lowest BCUT2D eigenvalue weighted by Crippen LogP contribution is -2.32. The molecule has 0 aromatic heterocycles. The normalized spacial score (nSPS) is 13.2. The number of hydrogen-bond donors (Lipinski definition) is 4. The zero-order valence-corrected chi connectivity index (χ0v) is 13.1. The Morgan fingerprint density at radius 2 is 1.17 bits per heavy atom. The average molecular weight is 328 g/mol. The highest BCUT2D eigenvalue weighted by atomic mass is 16.4. The van der Waals surface area contributed by atoms with Crippen LogP contribution >= 0.6 is 0 Å². The van der Waals surface area contributed by atoms with Gasteiger partial charge in [-0.1, -0.05) is 48.5 Å². The van der Waals surface area contributed by atoms with Gasteiger partial charge in [-0.25, -0.2) is 0 Å². The fraction of sp³-hybridized carbons (Fsp3) is 0.222. The molecule has 0 bridgehead atoms. The standard InChI is InChI=1S/C18H20N2O4/c19-15(17(21)22)9-11-3-1-5-13(7-11)14-6-2-4-12(8-14)10-16(20)18(23)24/h1-8,15-16H,9-10,19-20H2,(H,21,22)(H,23,24)/t15-,16-/m0/s1. The van der Waals surface area contributed by atoms with Crippen molar-refractivity contribution in [3.05, 3.63) is 59.7 Å². The SMILES string of the molecule is N[C@@H](Cc1cccc(-c2cccc(C[C@H](N)C(=O)O)c2)c1)C(=O)O. The third kappa shape index (κ3) is 4.65. The number of rotatable bonds is 7. The second kappa shape index (κ2) is 7.72. The van der Waals surface area contributed by atoms with E-state index in [4.69, 9.17) is 21.7 Å². The van der Waals surface area contributed by atoms with Crippen LogP contribution < -0.4 is 11.5 Å². The maximum atomic E-state index is 10.9. The van der Waals surface area contributed by atoms with Gasteiger partial charge >= 0.3 is 11.9 Å². The Kier molecular flexibility index (Phi) is 5.68. The van der Waals surface area contributed by atoms with Gasteiger partial charge in [0.15, 0.2) is 0 Å². The highest BCUT2D eigenvalue weighted by Crippen LogP contribution is 2.22. The van der Waals surface area contributed by atoms with E-state index in [0.717, 1.165) is 22.3 Å². The van der Waals surface area contributed by atoms with E-state index in [1.54, 1.807) is 0 Å². The van der Waals surface area contributed by atoms with Crippen molar-refractivity contribution in [2.45, 2.75) is 24.9 Å². The van der Waals surface area contributed by atoms with Crippen LogP contribution in [0.5, 0.6) is 0 Å². The van der Waals surface area contributed by atoms with Gasteiger partial charge in [-0.05, 0) is 35.1 Å². The predicted octanol–water partition coefficient (Wildman–Crippen LogP) is 1.26. The lowest BCUT2D eigenvalue weighted by Gasteiger charge is -2.11. The van der Waals surface area contributed by atoms with Crippen LogP contribution in [0.15, 0.2) is 48.5 Å². The molecule has 2 atom stereocenters. The highest BCUT2D eigenvalue weighted by Gasteiger charge is 2.14. The van der Waals surface area contributed by atoms with Crippen molar-refractivity contribution in [1.29, 1.82) is 0 Å². The summed E-state index contributed by atoms with van der Waals surface area (Å²) in [4.78, 5) is 21.8. The first-order valence-electron chi connectivity index (χ1n) is 7.52. The molecule has 0 saturated heterocycles. The molecule has 126 valence electrons. The van der Waals surface area contributed by atoms with Gasteiger partial charge in [-0.2, -0.15) is 0 Å². The van der Waals surface area contributed by atoms with E-state index in [1.807, 2.05) is 48.5 Å². The molecule has 6 nitrogen and oxygen atoms in total. The number of carboxylic acids is 2. The molecular weight excluding hydrogens is 308 g/mol. The summed E-state index contributed by atoms with van der Waals surface area (Å²) in [5.41, 5.74) is 14.6. The Bertz CT molecular complexity index is 682. The summed E-state index contributed by atoms with van der Waals surface area (Å²) in [6.45, 7) is 0. The average Bonchev–Trinajstić information content (AvgIpc) is 2.55. The molecule has 24 heavy (non-hydrogen) atoms. The molecular formula is C18H20N2O4. The molecule has 0 aliphatic rings. The van der Waals surface area contributed by atoms with Gasteiger partial charge in [-0.3, -0.25) is 9.59 Å². The van der Waals surface area contributed by atoms with E-state index in [2.05, 4.69) is 0 Å². The lowest BCUT2D eigenvalue weighted by molar-refractivity contribution is -0.139. The van der Waals surface area contributed by atoms with Crippen LogP contribution in [0.3, 0.4) is 0 Å². The first kappa shape index (κ1) is 17.7. The monoisotopic (exact) mass is 328 g/mol. The summed E-state index contributed by atoms with van der Waals surface area (Å²) in [5, 5.41) is 17.8. The summed E-state index contributed by atoms with van der Waals surface area (Å²) in [7, 11) is 0. The third-order valence-corrected chi connectivity index (χ3v) is 3.73. The van der Waals surface area contributed by atoms with Crippen LogP contribution in [0.4, 0.5) is 0 Å². The Balaban J connectivity index is 2.22. The molecule has 0 aliphatic carbocycles. The molecule has 0 amide bonds. The van der Waals surface area contributed by atoms with Crippen LogP contribution in [-0.2, 0) is 22.4 Å². The van der Waals surface area contributed by atoms with E-state index >= 15 is 0 Å². The van der Waals surface area contributed by atoms with Gasteiger partial charge in [0.05, 0.1) is 0 Å². The van der Waals surface area contributed by atoms with Crippen molar-refractivity contribution in [1.82, 2.24) is 0 Å². The summed E-state index contributed by atoms with van der Waals surface area (Å²) >= 11 is 0. The van der Waals surface area contributed by atoms with Crippen molar-refractivity contribution in [3.8, 4) is 11.1 Å². The fourth-order valence-electron chi connectivity index (χ4n) is 2.44. The van der Waals surface area contributed by atoms with Crippen molar-refractivity contribution >= 4 is 11.9 Å². The highest BCUT2D eigenvalue weighted by molar-refractivity contribution is 5.74. The second-order valence-electron chi connectivity index (χ2n) is 5.70. The maximum Gasteiger partial charge on any atom is 0.320 e. The first-order chi connectivity index (χ1) is 11.4. The molecule has 0 radical (unpaired) electrons. The minimum Gasteiger partial charge on any atom is -0.480 e. The van der Waals surface area contributed by atoms with Gasteiger partial charge in [-0.15, -0.1) is 0 Å². The summed E-state index contributed by atoms with van der Waals surface area (Å²) in [6, 6.07) is 13.0. The maximum absolute atomic E-state index is 10.9. The molecule has 2 aromatic rings. The zero-order valence-electron chi connectivity index (χ0n) is 13.1. The third-order valence-electron chi connectivity index (χ3n) is 3.73. The second-order valence-corrected chi connectivity index (χ2v) is 5.70. The number of hydrogen-bond acceptors (Lipinski definition) is 4. The minimum atomic E-state index is -1.04. The van der Waals surface area contributed by atoms with E-state index in [-0.39, 0.29) is 12.8 Å². The number of carbonyl (C=O) groups is 2. The van der Waals surface area contributed by atoms with Crippen molar-refractivity contribution in [2.24, 2.45) is 11.5 Å². The first-order valence-corrected chi connectivity index (χ1v) is 7.52. The molecule has 0 saturated carbocycles. The molecule has 6 heteroatoms. The van der Waals surface area contributed by atoms with Crippen LogP contribution in [0.2, 0.25) is 0 Å². The Hall–Kier alpha value is -2.70. The molecule has 2 rings (SSSR count). The zero-order chi connectivity index (χ0) is 17.7. The van der Waals surface area contributed by atoms with Gasteiger partial charge in [0.1, 0.15) is 12.1 Å². The van der Waals surface area contributed by atoms with Gasteiger partial charge in [0.25, 0.3) is 0 Å². The van der Waals surface area contributed by atoms with Crippen LogP contribution in [0.25, 0.3) is 11.1 Å². The van der Waals surface area contributed by atoms with E-state index in [9.17, 15) is 9.59 Å². The van der Waals surface area contributed by atoms with Crippen LogP contribution in [0.1, 0.15) is 11.1 Å². The Morgan fingerprint density at radius 1 is 0.792 bits per heavy atom. The number of carboxylic acid groups (broad SMARTS) is 2. The van der Waals surface area contributed by atoms with Crippen molar-refractivity contribution in [2.75, 3.05) is 0 Å². The Morgan fingerprint density at radius 3 is 1.50 bits per heavy atom. The number of benzene rings is 2. The summed E-state index contributed by atoms with van der Waals surface area (Å²) in [6.07, 6.45) is 0.486. The quantitative estimate of drug-likeness (QED) is 0.606. The van der Waals surface area contributed by atoms with Crippen LogP contribution in [-0.4, -0.2) is 34.2 Å². The van der Waals surface area contributed by atoms with Crippen molar-refractivity contribution < 1.29 is 19.8 Å². The topological polar surface area (TPSA) is 127 Å². The molecule has 0 aliphatic heterocycles. The van der Waals surface area contributed by atoms with Gasteiger partial charge in [0.2, 0.25) is 0 Å². The van der Waals surface area contributed by atoms with E-state index < -0.39 is 24.0 Å². The largest absolute Gasteiger partial charge is 0.480 e. The van der Waals surface area contributed by atoms with E-state index in [0.29, 0.717) is 0 Å². The summed E-state index contributed by atoms with van der Waals surface area (Å²) < 4.78 is 0.